The van der Waals surface area contributed by atoms with Gasteiger partial charge in [0.05, 0.1) is 18.6 Å². The van der Waals surface area contributed by atoms with Gasteiger partial charge in [0.1, 0.15) is 0 Å². The Morgan fingerprint density at radius 1 is 1.70 bits per heavy atom. The minimum atomic E-state index is -0.438. The van der Waals surface area contributed by atoms with E-state index in [-0.39, 0.29) is 5.91 Å². The average molecular weight is 141 g/mol. The number of amides is 1. The van der Waals surface area contributed by atoms with Gasteiger partial charge in [0.2, 0.25) is 0 Å². The molecule has 10 heavy (non-hydrogen) atoms. The largest absolute Gasteiger partial charge is 0.375 e. The van der Waals surface area contributed by atoms with Crippen LogP contribution in [0.2, 0.25) is 0 Å². The third-order valence-electron chi connectivity index (χ3n) is 1.44. The number of nitrogens with zero attached hydrogens (tertiary/aromatic N) is 1. The van der Waals surface area contributed by atoms with Crippen molar-refractivity contribution >= 4 is 12.1 Å². The van der Waals surface area contributed by atoms with Crippen LogP contribution in [0.15, 0.2) is 4.99 Å². The molecule has 0 aromatic heterocycles. The second-order valence-corrected chi connectivity index (χ2v) is 3.02. The Labute approximate surface area is 60.1 Å². The molecule has 1 heterocycles. The van der Waals surface area contributed by atoms with E-state index in [1.807, 2.05) is 13.8 Å². The molecule has 0 N–H and O–H groups in total. The first kappa shape index (κ1) is 7.41. The van der Waals surface area contributed by atoms with E-state index < -0.39 is 5.41 Å². The van der Waals surface area contributed by atoms with Crippen LogP contribution in [0.5, 0.6) is 0 Å². The molecule has 0 unspecified atom stereocenters. The molecule has 1 aliphatic heterocycles. The lowest BCUT2D eigenvalue weighted by molar-refractivity contribution is -0.127. The zero-order valence-electron chi connectivity index (χ0n) is 6.26. The summed E-state index contributed by atoms with van der Waals surface area (Å²) in [7, 11) is 0. The summed E-state index contributed by atoms with van der Waals surface area (Å²) in [5.74, 6) is -0.0926. The maximum absolute atomic E-state index is 11.1. The summed E-state index contributed by atoms with van der Waals surface area (Å²) < 4.78 is 5.11. The molecule has 0 aromatic carbocycles. The number of hydrogen-bond donors (Lipinski definition) is 0. The lowest BCUT2D eigenvalue weighted by Crippen LogP contribution is -2.26. The van der Waals surface area contributed by atoms with Crippen LogP contribution in [0.4, 0.5) is 0 Å². The Balaban J connectivity index is 2.75. The Bertz CT molecular complexity index is 172. The van der Waals surface area contributed by atoms with Crippen molar-refractivity contribution < 1.29 is 9.53 Å². The number of ether oxygens (including phenoxy) is 1. The van der Waals surface area contributed by atoms with Gasteiger partial charge in [0.25, 0.3) is 5.91 Å². The molecule has 0 radical (unpaired) electrons. The standard InChI is InChI=1S/C7H11NO2/c1-7(2)5-10-4-3-8-6(7)9/h3H,4-5H2,1-2H3. The predicted molar refractivity (Wildman–Crippen MR) is 38.1 cm³/mol. The molecule has 56 valence electrons. The van der Waals surface area contributed by atoms with Gasteiger partial charge in [-0.1, -0.05) is 0 Å². The van der Waals surface area contributed by atoms with Gasteiger partial charge in [0.15, 0.2) is 0 Å². The topological polar surface area (TPSA) is 38.7 Å². The van der Waals surface area contributed by atoms with Gasteiger partial charge in [-0.05, 0) is 13.8 Å². The third-order valence-corrected chi connectivity index (χ3v) is 1.44. The minimum absolute atomic E-state index is 0.0926. The first-order valence-electron chi connectivity index (χ1n) is 3.28. The highest BCUT2D eigenvalue weighted by Gasteiger charge is 2.28. The molecule has 0 spiro atoms. The van der Waals surface area contributed by atoms with E-state index in [4.69, 9.17) is 4.74 Å². The fourth-order valence-corrected chi connectivity index (χ4v) is 0.723. The summed E-state index contributed by atoms with van der Waals surface area (Å²) >= 11 is 0. The number of carbonyl (C=O) groups excluding carboxylic acids is 1. The van der Waals surface area contributed by atoms with Gasteiger partial charge in [-0.3, -0.25) is 4.79 Å². The van der Waals surface area contributed by atoms with Crippen molar-refractivity contribution in [2.75, 3.05) is 13.2 Å². The van der Waals surface area contributed by atoms with Crippen LogP contribution >= 0.6 is 0 Å². The molecule has 0 fully saturated rings. The minimum Gasteiger partial charge on any atom is -0.375 e. The Morgan fingerprint density at radius 2 is 2.40 bits per heavy atom. The van der Waals surface area contributed by atoms with Crippen molar-refractivity contribution in [3.8, 4) is 0 Å². The van der Waals surface area contributed by atoms with Crippen LogP contribution < -0.4 is 0 Å². The van der Waals surface area contributed by atoms with Crippen LogP contribution in [-0.4, -0.2) is 25.3 Å². The van der Waals surface area contributed by atoms with Gasteiger partial charge in [0, 0.05) is 6.21 Å². The van der Waals surface area contributed by atoms with Crippen molar-refractivity contribution in [2.45, 2.75) is 13.8 Å². The van der Waals surface area contributed by atoms with Gasteiger partial charge in [-0.25, -0.2) is 4.99 Å². The molecular weight excluding hydrogens is 130 g/mol. The molecule has 0 atom stereocenters. The van der Waals surface area contributed by atoms with Crippen LogP contribution in [0.1, 0.15) is 13.8 Å². The maximum Gasteiger partial charge on any atom is 0.253 e. The third kappa shape index (κ3) is 1.42. The van der Waals surface area contributed by atoms with Gasteiger partial charge in [-0.2, -0.15) is 0 Å². The van der Waals surface area contributed by atoms with Crippen molar-refractivity contribution in [1.29, 1.82) is 0 Å². The zero-order chi connectivity index (χ0) is 7.61. The monoisotopic (exact) mass is 141 g/mol. The fourth-order valence-electron chi connectivity index (χ4n) is 0.723. The van der Waals surface area contributed by atoms with E-state index in [9.17, 15) is 4.79 Å². The van der Waals surface area contributed by atoms with Crippen molar-refractivity contribution in [2.24, 2.45) is 10.4 Å². The summed E-state index contributed by atoms with van der Waals surface area (Å²) in [6.07, 6.45) is 1.51. The Kier molecular flexibility index (Phi) is 1.85. The van der Waals surface area contributed by atoms with E-state index in [0.29, 0.717) is 13.2 Å². The first-order valence-corrected chi connectivity index (χ1v) is 3.28. The second-order valence-electron chi connectivity index (χ2n) is 3.02. The zero-order valence-corrected chi connectivity index (χ0v) is 6.26. The first-order chi connectivity index (χ1) is 4.63. The van der Waals surface area contributed by atoms with Crippen LogP contribution in [0, 0.1) is 5.41 Å². The lowest BCUT2D eigenvalue weighted by atomic mass is 9.94. The van der Waals surface area contributed by atoms with E-state index >= 15 is 0 Å². The lowest BCUT2D eigenvalue weighted by Gasteiger charge is -2.16. The van der Waals surface area contributed by atoms with Crippen LogP contribution in [0.3, 0.4) is 0 Å². The molecule has 1 rings (SSSR count). The molecule has 0 saturated carbocycles. The molecule has 0 aromatic rings. The molecule has 3 nitrogen and oxygen atoms in total. The second kappa shape index (κ2) is 2.50. The molecule has 0 saturated heterocycles. The van der Waals surface area contributed by atoms with Gasteiger partial charge in [-0.15, -0.1) is 0 Å². The molecule has 3 heteroatoms. The van der Waals surface area contributed by atoms with Crippen LogP contribution in [-0.2, 0) is 9.53 Å². The van der Waals surface area contributed by atoms with Crippen molar-refractivity contribution in [1.82, 2.24) is 0 Å². The van der Waals surface area contributed by atoms with E-state index in [1.54, 1.807) is 0 Å². The van der Waals surface area contributed by atoms with Crippen molar-refractivity contribution in [3.05, 3.63) is 0 Å². The smallest absolute Gasteiger partial charge is 0.253 e. The molecular formula is C7H11NO2. The van der Waals surface area contributed by atoms with E-state index in [2.05, 4.69) is 4.99 Å². The number of hydrogen-bond acceptors (Lipinski definition) is 2. The number of aliphatic imine (C=N–C) groups is 1. The SMILES string of the molecule is CC1(C)COCC=NC1=O. The molecule has 0 aliphatic carbocycles. The summed E-state index contributed by atoms with van der Waals surface area (Å²) in [6, 6.07) is 0. The summed E-state index contributed by atoms with van der Waals surface area (Å²) in [6.45, 7) is 4.58. The maximum atomic E-state index is 11.1. The quantitative estimate of drug-likeness (QED) is 0.496. The Morgan fingerprint density at radius 3 is 3.10 bits per heavy atom. The number of carbonyl (C=O) groups is 1. The Hall–Kier alpha value is -0.700. The van der Waals surface area contributed by atoms with Gasteiger partial charge >= 0.3 is 0 Å². The summed E-state index contributed by atoms with van der Waals surface area (Å²) in [5, 5.41) is 0. The van der Waals surface area contributed by atoms with Gasteiger partial charge < -0.3 is 4.74 Å². The fraction of sp³-hybridized carbons (Fsp3) is 0.714. The van der Waals surface area contributed by atoms with Crippen LogP contribution in [0.25, 0.3) is 0 Å². The molecule has 1 aliphatic rings. The highest BCUT2D eigenvalue weighted by atomic mass is 16.5. The molecule has 0 bridgehead atoms. The highest BCUT2D eigenvalue weighted by molar-refractivity contribution is 5.89. The van der Waals surface area contributed by atoms with E-state index in [0.717, 1.165) is 0 Å². The average Bonchev–Trinajstić information content (AvgIpc) is 1.96. The summed E-state index contributed by atoms with van der Waals surface area (Å²) in [4.78, 5) is 14.7. The van der Waals surface area contributed by atoms with Crippen molar-refractivity contribution in [3.63, 3.8) is 0 Å². The summed E-state index contributed by atoms with van der Waals surface area (Å²) in [5.41, 5.74) is -0.438. The highest BCUT2D eigenvalue weighted by Crippen LogP contribution is 2.18. The normalized spacial score (nSPS) is 24.4. The number of rotatable bonds is 0. The van der Waals surface area contributed by atoms with E-state index in [1.165, 1.54) is 6.21 Å². The molecule has 1 amide bonds. The predicted octanol–water partition coefficient (Wildman–Crippen LogP) is 0.640.